The summed E-state index contributed by atoms with van der Waals surface area (Å²) in [5.74, 6) is -0.0755. The lowest BCUT2D eigenvalue weighted by atomic mass is 10.1. The number of rotatable bonds is 3. The maximum atomic E-state index is 12.1. The van der Waals surface area contributed by atoms with Gasteiger partial charge in [0.05, 0.1) is 5.54 Å². The van der Waals surface area contributed by atoms with Gasteiger partial charge in [0.25, 0.3) is 5.91 Å². The maximum Gasteiger partial charge on any atom is 0.252 e. The van der Waals surface area contributed by atoms with E-state index in [2.05, 4.69) is 10.3 Å². The van der Waals surface area contributed by atoms with E-state index in [1.165, 1.54) is 0 Å². The van der Waals surface area contributed by atoms with Crippen molar-refractivity contribution in [3.63, 3.8) is 0 Å². The van der Waals surface area contributed by atoms with E-state index in [1.54, 1.807) is 23.5 Å². The molecule has 0 aliphatic carbocycles. The van der Waals surface area contributed by atoms with Crippen LogP contribution in [0.25, 0.3) is 0 Å². The minimum absolute atomic E-state index is 0.0755. The topological polar surface area (TPSA) is 42.0 Å². The molecule has 0 bridgehead atoms. The summed E-state index contributed by atoms with van der Waals surface area (Å²) < 4.78 is 0. The van der Waals surface area contributed by atoms with Crippen molar-refractivity contribution in [3.8, 4) is 0 Å². The van der Waals surface area contributed by atoms with Gasteiger partial charge < -0.3 is 5.32 Å². The molecule has 3 nitrogen and oxygen atoms in total. The average molecular weight is 260 g/mol. The second-order valence-electron chi connectivity index (χ2n) is 4.74. The monoisotopic (exact) mass is 260 g/mol. The molecule has 0 atom stereocenters. The number of amides is 1. The van der Waals surface area contributed by atoms with Crippen LogP contribution in [0, 0.1) is 6.92 Å². The van der Waals surface area contributed by atoms with Gasteiger partial charge in [-0.3, -0.25) is 4.79 Å². The molecule has 2 rings (SSSR count). The van der Waals surface area contributed by atoms with Crippen LogP contribution >= 0.6 is 11.3 Å². The van der Waals surface area contributed by atoms with Gasteiger partial charge in [-0.2, -0.15) is 0 Å². The summed E-state index contributed by atoms with van der Waals surface area (Å²) in [6, 6.07) is 9.22. The van der Waals surface area contributed by atoms with Crippen molar-refractivity contribution in [3.05, 3.63) is 52.0 Å². The van der Waals surface area contributed by atoms with Gasteiger partial charge in [-0.25, -0.2) is 4.98 Å². The van der Waals surface area contributed by atoms with Gasteiger partial charge in [0.15, 0.2) is 0 Å². The lowest BCUT2D eigenvalue weighted by molar-refractivity contribution is 0.0912. The number of nitrogens with zero attached hydrogens (tertiary/aromatic N) is 1. The molecule has 1 amide bonds. The summed E-state index contributed by atoms with van der Waals surface area (Å²) in [7, 11) is 0. The first-order chi connectivity index (χ1) is 8.49. The van der Waals surface area contributed by atoms with Crippen LogP contribution in [-0.2, 0) is 5.54 Å². The smallest absolute Gasteiger partial charge is 0.252 e. The Morgan fingerprint density at radius 2 is 1.94 bits per heavy atom. The molecule has 1 heterocycles. The van der Waals surface area contributed by atoms with Crippen LogP contribution in [0.5, 0.6) is 0 Å². The SMILES string of the molecule is Cc1csc(C(C)(C)NC(=O)c2ccccc2)n1. The Bertz CT molecular complexity index is 546. The van der Waals surface area contributed by atoms with Gasteiger partial charge in [-0.05, 0) is 32.9 Å². The van der Waals surface area contributed by atoms with Crippen molar-refractivity contribution in [2.75, 3.05) is 0 Å². The molecule has 0 aliphatic heterocycles. The highest BCUT2D eigenvalue weighted by Crippen LogP contribution is 2.24. The molecule has 1 N–H and O–H groups in total. The standard InChI is InChI=1S/C14H16N2OS/c1-10-9-18-13(15-10)14(2,3)16-12(17)11-7-5-4-6-8-11/h4-9H,1-3H3,(H,16,17). The number of aromatic nitrogens is 1. The Labute approximate surface area is 111 Å². The Balaban J connectivity index is 2.16. The molecule has 0 fully saturated rings. The first kappa shape index (κ1) is 12.8. The van der Waals surface area contributed by atoms with E-state index >= 15 is 0 Å². The number of nitrogens with one attached hydrogen (secondary N) is 1. The summed E-state index contributed by atoms with van der Waals surface area (Å²) in [4.78, 5) is 16.5. The largest absolute Gasteiger partial charge is 0.341 e. The van der Waals surface area contributed by atoms with E-state index in [0.717, 1.165) is 10.7 Å². The number of thiazole rings is 1. The first-order valence-electron chi connectivity index (χ1n) is 5.79. The Morgan fingerprint density at radius 1 is 1.28 bits per heavy atom. The van der Waals surface area contributed by atoms with E-state index < -0.39 is 5.54 Å². The number of carbonyl (C=O) groups excluding carboxylic acids is 1. The summed E-state index contributed by atoms with van der Waals surface area (Å²) in [6.45, 7) is 5.88. The predicted octanol–water partition coefficient (Wildman–Crippen LogP) is 3.12. The van der Waals surface area contributed by atoms with Crippen molar-refractivity contribution < 1.29 is 4.79 Å². The fourth-order valence-corrected chi connectivity index (χ4v) is 2.52. The molecule has 18 heavy (non-hydrogen) atoms. The molecule has 94 valence electrons. The van der Waals surface area contributed by atoms with Gasteiger partial charge >= 0.3 is 0 Å². The van der Waals surface area contributed by atoms with E-state index in [-0.39, 0.29) is 5.91 Å². The fourth-order valence-electron chi connectivity index (χ4n) is 1.64. The summed E-state index contributed by atoms with van der Waals surface area (Å²) >= 11 is 1.57. The molecule has 0 unspecified atom stereocenters. The zero-order valence-corrected chi connectivity index (χ0v) is 11.5. The molecule has 0 saturated carbocycles. The third-order valence-corrected chi connectivity index (χ3v) is 3.90. The van der Waals surface area contributed by atoms with Crippen molar-refractivity contribution >= 4 is 17.2 Å². The lowest BCUT2D eigenvalue weighted by Crippen LogP contribution is -2.40. The van der Waals surface area contributed by atoms with Crippen molar-refractivity contribution in [2.45, 2.75) is 26.3 Å². The van der Waals surface area contributed by atoms with Crippen molar-refractivity contribution in [2.24, 2.45) is 0 Å². The molecule has 2 aromatic rings. The molecule has 1 aromatic heterocycles. The third-order valence-electron chi connectivity index (χ3n) is 2.62. The maximum absolute atomic E-state index is 12.1. The quantitative estimate of drug-likeness (QED) is 0.921. The molecule has 0 aliphatic rings. The van der Waals surface area contributed by atoms with Crippen LogP contribution in [-0.4, -0.2) is 10.9 Å². The predicted molar refractivity (Wildman–Crippen MR) is 73.8 cm³/mol. The Hall–Kier alpha value is -1.68. The van der Waals surface area contributed by atoms with E-state index in [9.17, 15) is 4.79 Å². The molecule has 1 aromatic carbocycles. The molecule has 0 saturated heterocycles. The summed E-state index contributed by atoms with van der Waals surface area (Å²) in [5.41, 5.74) is 1.20. The van der Waals surface area contributed by atoms with Crippen LogP contribution in [0.1, 0.15) is 34.9 Å². The second-order valence-corrected chi connectivity index (χ2v) is 5.60. The van der Waals surface area contributed by atoms with Crippen LogP contribution in [0.15, 0.2) is 35.7 Å². The zero-order chi connectivity index (χ0) is 13.2. The molecular formula is C14H16N2OS. The van der Waals surface area contributed by atoms with Crippen LogP contribution < -0.4 is 5.32 Å². The van der Waals surface area contributed by atoms with E-state index in [1.807, 2.05) is 44.4 Å². The number of carbonyl (C=O) groups is 1. The second kappa shape index (κ2) is 4.90. The number of hydrogen-bond acceptors (Lipinski definition) is 3. The zero-order valence-electron chi connectivity index (χ0n) is 10.7. The van der Waals surface area contributed by atoms with Crippen LogP contribution in [0.4, 0.5) is 0 Å². The fraction of sp³-hybridized carbons (Fsp3) is 0.286. The van der Waals surface area contributed by atoms with E-state index in [4.69, 9.17) is 0 Å². The third kappa shape index (κ3) is 2.76. The minimum Gasteiger partial charge on any atom is -0.341 e. The number of benzene rings is 1. The molecule has 4 heteroatoms. The summed E-state index contributed by atoms with van der Waals surface area (Å²) in [6.07, 6.45) is 0. The molecular weight excluding hydrogens is 244 g/mol. The highest BCUT2D eigenvalue weighted by Gasteiger charge is 2.26. The highest BCUT2D eigenvalue weighted by atomic mass is 32.1. The van der Waals surface area contributed by atoms with Gasteiger partial charge in [0, 0.05) is 16.6 Å². The lowest BCUT2D eigenvalue weighted by Gasteiger charge is -2.23. The van der Waals surface area contributed by atoms with Gasteiger partial charge in [0.2, 0.25) is 0 Å². The van der Waals surface area contributed by atoms with Crippen molar-refractivity contribution in [1.82, 2.24) is 10.3 Å². The number of hydrogen-bond donors (Lipinski definition) is 1. The van der Waals surface area contributed by atoms with Gasteiger partial charge in [-0.1, -0.05) is 18.2 Å². The van der Waals surface area contributed by atoms with Gasteiger partial charge in [-0.15, -0.1) is 11.3 Å². The van der Waals surface area contributed by atoms with E-state index in [0.29, 0.717) is 5.56 Å². The normalized spacial score (nSPS) is 11.3. The summed E-state index contributed by atoms with van der Waals surface area (Å²) in [5, 5.41) is 5.92. The number of aryl methyl sites for hydroxylation is 1. The van der Waals surface area contributed by atoms with Crippen molar-refractivity contribution in [1.29, 1.82) is 0 Å². The highest BCUT2D eigenvalue weighted by molar-refractivity contribution is 7.09. The Morgan fingerprint density at radius 3 is 2.50 bits per heavy atom. The van der Waals surface area contributed by atoms with Crippen LogP contribution in [0.3, 0.4) is 0 Å². The van der Waals surface area contributed by atoms with Gasteiger partial charge in [0.1, 0.15) is 5.01 Å². The minimum atomic E-state index is -0.453. The average Bonchev–Trinajstić information content (AvgIpc) is 2.77. The first-order valence-corrected chi connectivity index (χ1v) is 6.67. The van der Waals surface area contributed by atoms with Crippen LogP contribution in [0.2, 0.25) is 0 Å². The molecule has 0 radical (unpaired) electrons. The molecule has 0 spiro atoms. The Kier molecular flexibility index (Phi) is 3.48.